The molecule has 1 fully saturated rings. The van der Waals surface area contributed by atoms with Crippen LogP contribution in [-0.4, -0.2) is 38.1 Å². The summed E-state index contributed by atoms with van der Waals surface area (Å²) in [4.78, 5) is 2.41. The Kier molecular flexibility index (Phi) is 5.20. The van der Waals surface area contributed by atoms with Gasteiger partial charge in [-0.1, -0.05) is 19.1 Å². The van der Waals surface area contributed by atoms with Crippen molar-refractivity contribution in [2.75, 3.05) is 33.2 Å². The van der Waals surface area contributed by atoms with E-state index in [9.17, 15) is 0 Å². The smallest absolute Gasteiger partial charge is 0.0187 e. The van der Waals surface area contributed by atoms with Gasteiger partial charge in [0, 0.05) is 13.1 Å². The average Bonchev–Trinajstić information content (AvgIpc) is 2.19. The molecular weight excluding hydrogens is 172 g/mol. The van der Waals surface area contributed by atoms with E-state index in [1.807, 2.05) is 0 Å². The van der Waals surface area contributed by atoms with Gasteiger partial charge >= 0.3 is 0 Å². The molecule has 2 nitrogen and oxygen atoms in total. The second kappa shape index (κ2) is 6.20. The molecule has 1 aliphatic heterocycles. The maximum absolute atomic E-state index is 4.05. The van der Waals surface area contributed by atoms with Gasteiger partial charge in [-0.05, 0) is 45.3 Å². The minimum Gasteiger partial charge on any atom is -0.316 e. The van der Waals surface area contributed by atoms with Crippen molar-refractivity contribution in [1.82, 2.24) is 10.2 Å². The molecule has 14 heavy (non-hydrogen) atoms. The van der Waals surface area contributed by atoms with E-state index in [-0.39, 0.29) is 0 Å². The van der Waals surface area contributed by atoms with Crippen LogP contribution in [0.25, 0.3) is 0 Å². The largest absolute Gasteiger partial charge is 0.316 e. The number of hydrogen-bond donors (Lipinski definition) is 1. The van der Waals surface area contributed by atoms with Gasteiger partial charge in [-0.15, -0.1) is 0 Å². The first-order valence-corrected chi connectivity index (χ1v) is 5.78. The first-order valence-electron chi connectivity index (χ1n) is 5.78. The molecule has 0 amide bonds. The molecule has 2 heteroatoms. The number of likely N-dealkylation sites (N-methyl/N-ethyl adjacent to an activating group) is 1. The third-order valence-corrected chi connectivity index (χ3v) is 2.96. The molecule has 1 N–H and O–H groups in total. The lowest BCUT2D eigenvalue weighted by molar-refractivity contribution is 0.255. The van der Waals surface area contributed by atoms with Crippen molar-refractivity contribution in [3.05, 3.63) is 12.2 Å². The molecule has 1 unspecified atom stereocenters. The van der Waals surface area contributed by atoms with Gasteiger partial charge in [-0.25, -0.2) is 0 Å². The molecule has 1 atom stereocenters. The summed E-state index contributed by atoms with van der Waals surface area (Å²) >= 11 is 0. The van der Waals surface area contributed by atoms with E-state index in [1.165, 1.54) is 38.0 Å². The highest BCUT2D eigenvalue weighted by Gasteiger charge is 2.14. The zero-order chi connectivity index (χ0) is 10.4. The molecule has 0 bridgehead atoms. The van der Waals surface area contributed by atoms with Crippen molar-refractivity contribution < 1.29 is 0 Å². The number of piperidine rings is 1. The highest BCUT2D eigenvalue weighted by molar-refractivity contribution is 4.95. The van der Waals surface area contributed by atoms with Crippen LogP contribution in [0, 0.1) is 5.92 Å². The fourth-order valence-electron chi connectivity index (χ4n) is 2.08. The van der Waals surface area contributed by atoms with E-state index in [0.29, 0.717) is 0 Å². The minimum atomic E-state index is 0.846. The zero-order valence-electron chi connectivity index (χ0n) is 9.68. The van der Waals surface area contributed by atoms with E-state index in [4.69, 9.17) is 0 Å². The van der Waals surface area contributed by atoms with E-state index in [1.54, 1.807) is 0 Å². The highest BCUT2D eigenvalue weighted by atomic mass is 15.1. The molecule has 0 aromatic rings. The summed E-state index contributed by atoms with van der Waals surface area (Å²) < 4.78 is 0. The Balaban J connectivity index is 2.18. The van der Waals surface area contributed by atoms with Crippen molar-refractivity contribution in [3.8, 4) is 0 Å². The molecule has 0 saturated carbocycles. The lowest BCUT2D eigenvalue weighted by Crippen LogP contribution is -2.37. The van der Waals surface area contributed by atoms with Crippen LogP contribution in [0.2, 0.25) is 0 Å². The van der Waals surface area contributed by atoms with Gasteiger partial charge in [-0.3, -0.25) is 0 Å². The van der Waals surface area contributed by atoms with Gasteiger partial charge in [0.05, 0.1) is 0 Å². The molecule has 0 aliphatic carbocycles. The summed E-state index contributed by atoms with van der Waals surface area (Å²) in [6.07, 6.45) is 3.83. The van der Waals surface area contributed by atoms with Crippen molar-refractivity contribution in [3.63, 3.8) is 0 Å². The van der Waals surface area contributed by atoms with Crippen LogP contribution in [-0.2, 0) is 0 Å². The van der Waals surface area contributed by atoms with E-state index >= 15 is 0 Å². The maximum Gasteiger partial charge on any atom is 0.0187 e. The van der Waals surface area contributed by atoms with Gasteiger partial charge in [-0.2, -0.15) is 0 Å². The molecule has 1 saturated heterocycles. The monoisotopic (exact) mass is 196 g/mol. The fourth-order valence-corrected chi connectivity index (χ4v) is 2.08. The van der Waals surface area contributed by atoms with E-state index < -0.39 is 0 Å². The number of nitrogens with zero attached hydrogens (tertiary/aromatic N) is 1. The third kappa shape index (κ3) is 4.25. The Morgan fingerprint density at radius 3 is 2.93 bits per heavy atom. The summed E-state index contributed by atoms with van der Waals surface area (Å²) in [5.74, 6) is 0.846. The molecule has 0 radical (unpaired) electrons. The van der Waals surface area contributed by atoms with Gasteiger partial charge in [0.1, 0.15) is 0 Å². The Labute approximate surface area is 88.4 Å². The van der Waals surface area contributed by atoms with Crippen molar-refractivity contribution >= 4 is 0 Å². The molecular formula is C12H24N2. The average molecular weight is 196 g/mol. The summed E-state index contributed by atoms with van der Waals surface area (Å²) in [7, 11) is 2.20. The molecule has 1 heterocycles. The lowest BCUT2D eigenvalue weighted by Gasteiger charge is -2.27. The Morgan fingerprint density at radius 2 is 2.36 bits per heavy atom. The Bertz CT molecular complexity index is 171. The SMILES string of the molecule is C=C(CC)CN(C)CC1CCCNC1. The van der Waals surface area contributed by atoms with E-state index in [0.717, 1.165) is 18.9 Å². The number of rotatable bonds is 5. The number of nitrogens with one attached hydrogen (secondary N) is 1. The van der Waals surface area contributed by atoms with Gasteiger partial charge in [0.15, 0.2) is 0 Å². The summed E-state index contributed by atoms with van der Waals surface area (Å²) in [5, 5.41) is 3.46. The standard InChI is InChI=1S/C12H24N2/c1-4-11(2)9-14(3)10-12-6-5-7-13-8-12/h12-13H,2,4-10H2,1,3H3. The van der Waals surface area contributed by atoms with E-state index in [2.05, 4.69) is 30.8 Å². The quantitative estimate of drug-likeness (QED) is 0.675. The zero-order valence-corrected chi connectivity index (χ0v) is 9.68. The van der Waals surface area contributed by atoms with Crippen molar-refractivity contribution in [1.29, 1.82) is 0 Å². The normalized spacial score (nSPS) is 22.6. The second-order valence-electron chi connectivity index (χ2n) is 4.51. The molecule has 0 aromatic heterocycles. The number of hydrogen-bond acceptors (Lipinski definition) is 2. The van der Waals surface area contributed by atoms with Crippen LogP contribution in [0.15, 0.2) is 12.2 Å². The topological polar surface area (TPSA) is 15.3 Å². The summed E-state index contributed by atoms with van der Waals surface area (Å²) in [5.41, 5.74) is 1.34. The van der Waals surface area contributed by atoms with Crippen LogP contribution in [0.1, 0.15) is 26.2 Å². The molecule has 0 spiro atoms. The Morgan fingerprint density at radius 1 is 1.57 bits per heavy atom. The molecule has 1 aliphatic rings. The molecule has 82 valence electrons. The highest BCUT2D eigenvalue weighted by Crippen LogP contribution is 2.11. The van der Waals surface area contributed by atoms with Crippen molar-refractivity contribution in [2.24, 2.45) is 5.92 Å². The summed E-state index contributed by atoms with van der Waals surface area (Å²) in [6, 6.07) is 0. The van der Waals surface area contributed by atoms with Gasteiger partial charge in [0.25, 0.3) is 0 Å². The predicted molar refractivity (Wildman–Crippen MR) is 62.5 cm³/mol. The first kappa shape index (κ1) is 11.7. The van der Waals surface area contributed by atoms with Crippen LogP contribution >= 0.6 is 0 Å². The molecule has 1 rings (SSSR count). The predicted octanol–water partition coefficient (Wildman–Crippen LogP) is 1.88. The van der Waals surface area contributed by atoms with Gasteiger partial charge in [0.2, 0.25) is 0 Å². The Hall–Kier alpha value is -0.340. The summed E-state index contributed by atoms with van der Waals surface area (Å²) in [6.45, 7) is 10.9. The third-order valence-electron chi connectivity index (χ3n) is 2.96. The maximum atomic E-state index is 4.05. The van der Waals surface area contributed by atoms with Gasteiger partial charge < -0.3 is 10.2 Å². The van der Waals surface area contributed by atoms with Crippen LogP contribution < -0.4 is 5.32 Å². The van der Waals surface area contributed by atoms with Crippen LogP contribution in [0.3, 0.4) is 0 Å². The van der Waals surface area contributed by atoms with Crippen molar-refractivity contribution in [2.45, 2.75) is 26.2 Å². The fraction of sp³-hybridized carbons (Fsp3) is 0.833. The van der Waals surface area contributed by atoms with Crippen LogP contribution in [0.5, 0.6) is 0 Å². The second-order valence-corrected chi connectivity index (χ2v) is 4.51. The van der Waals surface area contributed by atoms with Crippen LogP contribution in [0.4, 0.5) is 0 Å². The molecule has 0 aromatic carbocycles. The first-order chi connectivity index (χ1) is 6.72. The minimum absolute atomic E-state index is 0.846. The lowest BCUT2D eigenvalue weighted by atomic mass is 9.99.